The Labute approximate surface area is 184 Å². The monoisotopic (exact) mass is 432 g/mol. The Kier molecular flexibility index (Phi) is 8.69. The molecular weight excluding hydrogens is 404 g/mol. The highest BCUT2D eigenvalue weighted by Crippen LogP contribution is 2.30. The predicted octanol–water partition coefficient (Wildman–Crippen LogP) is 3.57. The third-order valence-electron chi connectivity index (χ3n) is 4.86. The first-order valence-electron chi connectivity index (χ1n) is 10.1. The molecule has 0 spiro atoms. The molecule has 1 unspecified atom stereocenters. The summed E-state index contributed by atoms with van der Waals surface area (Å²) in [5, 5.41) is 3.33. The lowest BCUT2D eigenvalue weighted by Gasteiger charge is -2.32. The van der Waals surface area contributed by atoms with Gasteiger partial charge in [-0.2, -0.15) is 0 Å². The van der Waals surface area contributed by atoms with Crippen LogP contribution in [0.15, 0.2) is 42.5 Å². The van der Waals surface area contributed by atoms with Crippen LogP contribution in [0, 0.1) is 0 Å². The lowest BCUT2D eigenvalue weighted by atomic mass is 9.97. The topological polar surface area (TPSA) is 67.9 Å². The highest BCUT2D eigenvalue weighted by atomic mass is 35.5. The molecule has 1 amide bonds. The fourth-order valence-electron chi connectivity index (χ4n) is 3.50. The predicted molar refractivity (Wildman–Crippen MR) is 119 cm³/mol. The van der Waals surface area contributed by atoms with Gasteiger partial charge in [-0.15, -0.1) is 12.4 Å². The molecule has 7 heteroatoms. The molecule has 3 rings (SSSR count). The molecule has 1 aliphatic rings. The lowest BCUT2D eigenvalue weighted by Crippen LogP contribution is -2.51. The van der Waals surface area contributed by atoms with Crippen molar-refractivity contribution in [1.29, 1.82) is 0 Å². The van der Waals surface area contributed by atoms with Crippen LogP contribution in [0.1, 0.15) is 47.1 Å². The standard InChI is InChI=1S/C23H28N2O4.ClH/c1-4-28-20-11-10-17(14-21(20)29-5-2)22(26)18-8-6-7-9-19(18)23(27)25-13-12-24-16(3)15-25;/h6-11,14,16,24H,4-5,12-13,15H2,1-3H3;1H. The lowest BCUT2D eigenvalue weighted by molar-refractivity contribution is 0.0705. The van der Waals surface area contributed by atoms with Crippen molar-refractivity contribution in [1.82, 2.24) is 10.2 Å². The molecule has 0 aromatic heterocycles. The van der Waals surface area contributed by atoms with Crippen LogP contribution in [0.3, 0.4) is 0 Å². The maximum absolute atomic E-state index is 13.3. The van der Waals surface area contributed by atoms with Crippen molar-refractivity contribution in [2.24, 2.45) is 0 Å². The Morgan fingerprint density at radius 2 is 1.70 bits per heavy atom. The van der Waals surface area contributed by atoms with Gasteiger partial charge in [0.05, 0.1) is 18.8 Å². The Morgan fingerprint density at radius 1 is 1.03 bits per heavy atom. The average molecular weight is 433 g/mol. The second kappa shape index (κ2) is 11.0. The molecule has 6 nitrogen and oxygen atoms in total. The Bertz CT molecular complexity index is 887. The highest BCUT2D eigenvalue weighted by Gasteiger charge is 2.26. The fraction of sp³-hybridized carbons (Fsp3) is 0.391. The van der Waals surface area contributed by atoms with Gasteiger partial charge in [-0.25, -0.2) is 0 Å². The number of amides is 1. The summed E-state index contributed by atoms with van der Waals surface area (Å²) in [7, 11) is 0. The van der Waals surface area contributed by atoms with E-state index < -0.39 is 0 Å². The van der Waals surface area contributed by atoms with E-state index in [4.69, 9.17) is 9.47 Å². The zero-order valence-electron chi connectivity index (χ0n) is 17.6. The van der Waals surface area contributed by atoms with E-state index in [2.05, 4.69) is 5.32 Å². The number of piperazine rings is 1. The van der Waals surface area contributed by atoms with Crippen molar-refractivity contribution in [2.75, 3.05) is 32.8 Å². The summed E-state index contributed by atoms with van der Waals surface area (Å²) < 4.78 is 11.2. The summed E-state index contributed by atoms with van der Waals surface area (Å²) in [6.07, 6.45) is 0. The van der Waals surface area contributed by atoms with E-state index in [-0.39, 0.29) is 30.1 Å². The summed E-state index contributed by atoms with van der Waals surface area (Å²) in [5.41, 5.74) is 1.29. The van der Waals surface area contributed by atoms with Gasteiger partial charge < -0.3 is 19.7 Å². The van der Waals surface area contributed by atoms with Gasteiger partial charge in [0, 0.05) is 36.8 Å². The van der Waals surface area contributed by atoms with Gasteiger partial charge in [0.15, 0.2) is 17.3 Å². The maximum Gasteiger partial charge on any atom is 0.254 e. The minimum absolute atomic E-state index is 0. The maximum atomic E-state index is 13.3. The van der Waals surface area contributed by atoms with Crippen LogP contribution in [0.5, 0.6) is 11.5 Å². The minimum Gasteiger partial charge on any atom is -0.490 e. The highest BCUT2D eigenvalue weighted by molar-refractivity contribution is 6.15. The molecule has 0 radical (unpaired) electrons. The summed E-state index contributed by atoms with van der Waals surface area (Å²) >= 11 is 0. The summed E-state index contributed by atoms with van der Waals surface area (Å²) in [5.74, 6) is 0.810. The van der Waals surface area contributed by atoms with Crippen LogP contribution in [0.4, 0.5) is 0 Å². The number of nitrogens with one attached hydrogen (secondary N) is 1. The molecule has 0 bridgehead atoms. The average Bonchev–Trinajstić information content (AvgIpc) is 2.74. The summed E-state index contributed by atoms with van der Waals surface area (Å²) in [6.45, 7) is 8.80. The van der Waals surface area contributed by atoms with E-state index in [1.165, 1.54) is 0 Å². The zero-order chi connectivity index (χ0) is 20.8. The smallest absolute Gasteiger partial charge is 0.254 e. The van der Waals surface area contributed by atoms with E-state index >= 15 is 0 Å². The Balaban J connectivity index is 0.00000320. The molecule has 1 fully saturated rings. The number of rotatable bonds is 7. The first kappa shape index (κ1) is 23.7. The van der Waals surface area contributed by atoms with Crippen LogP contribution in [-0.4, -0.2) is 55.5 Å². The largest absolute Gasteiger partial charge is 0.490 e. The van der Waals surface area contributed by atoms with Crippen molar-refractivity contribution < 1.29 is 19.1 Å². The molecule has 1 saturated heterocycles. The Morgan fingerprint density at radius 3 is 2.37 bits per heavy atom. The second-order valence-corrected chi connectivity index (χ2v) is 7.01. The van der Waals surface area contributed by atoms with E-state index in [1.54, 1.807) is 47.4 Å². The molecule has 0 aliphatic carbocycles. The number of hydrogen-bond donors (Lipinski definition) is 1. The van der Waals surface area contributed by atoms with Gasteiger partial charge in [-0.1, -0.05) is 18.2 Å². The third-order valence-corrected chi connectivity index (χ3v) is 4.86. The number of nitrogens with zero attached hydrogens (tertiary/aromatic N) is 1. The number of carbonyl (C=O) groups is 2. The van der Waals surface area contributed by atoms with Crippen LogP contribution in [-0.2, 0) is 0 Å². The van der Waals surface area contributed by atoms with Crippen LogP contribution >= 0.6 is 12.4 Å². The normalized spacial score (nSPS) is 15.8. The molecule has 1 atom stereocenters. The second-order valence-electron chi connectivity index (χ2n) is 7.01. The molecule has 162 valence electrons. The van der Waals surface area contributed by atoms with Crippen LogP contribution in [0.2, 0.25) is 0 Å². The number of ketones is 1. The van der Waals surface area contributed by atoms with Crippen molar-refractivity contribution >= 4 is 24.1 Å². The fourth-order valence-corrected chi connectivity index (χ4v) is 3.50. The Hall–Kier alpha value is -2.57. The number of benzene rings is 2. The van der Waals surface area contributed by atoms with Crippen LogP contribution in [0.25, 0.3) is 0 Å². The van der Waals surface area contributed by atoms with E-state index in [1.807, 2.05) is 20.8 Å². The van der Waals surface area contributed by atoms with Crippen molar-refractivity contribution in [2.45, 2.75) is 26.8 Å². The molecule has 30 heavy (non-hydrogen) atoms. The van der Waals surface area contributed by atoms with E-state index in [0.29, 0.717) is 54.5 Å². The van der Waals surface area contributed by atoms with Gasteiger partial charge in [0.2, 0.25) is 0 Å². The quantitative estimate of drug-likeness (QED) is 0.677. The van der Waals surface area contributed by atoms with Gasteiger partial charge >= 0.3 is 0 Å². The number of carbonyl (C=O) groups excluding carboxylic acids is 2. The van der Waals surface area contributed by atoms with Gasteiger partial charge in [0.25, 0.3) is 5.91 Å². The van der Waals surface area contributed by atoms with Gasteiger partial charge in [0.1, 0.15) is 0 Å². The molecular formula is C23H29ClN2O4. The van der Waals surface area contributed by atoms with Crippen molar-refractivity contribution in [3.63, 3.8) is 0 Å². The molecule has 0 saturated carbocycles. The molecule has 1 N–H and O–H groups in total. The molecule has 1 aliphatic heterocycles. The van der Waals surface area contributed by atoms with Crippen LogP contribution < -0.4 is 14.8 Å². The van der Waals surface area contributed by atoms with E-state index in [0.717, 1.165) is 6.54 Å². The number of halogens is 1. The van der Waals surface area contributed by atoms with Gasteiger partial charge in [-0.3, -0.25) is 9.59 Å². The number of hydrogen-bond acceptors (Lipinski definition) is 5. The van der Waals surface area contributed by atoms with E-state index in [9.17, 15) is 9.59 Å². The molecule has 2 aromatic rings. The third kappa shape index (κ3) is 5.32. The SMILES string of the molecule is CCOc1ccc(C(=O)c2ccccc2C(=O)N2CCNC(C)C2)cc1OCC.Cl. The molecule has 2 aromatic carbocycles. The first-order valence-corrected chi connectivity index (χ1v) is 10.1. The first-order chi connectivity index (χ1) is 14.0. The number of ether oxygens (including phenoxy) is 2. The summed E-state index contributed by atoms with van der Waals surface area (Å²) in [6, 6.07) is 12.4. The minimum atomic E-state index is -0.207. The van der Waals surface area contributed by atoms with Crippen molar-refractivity contribution in [3.05, 3.63) is 59.2 Å². The van der Waals surface area contributed by atoms with Gasteiger partial charge in [-0.05, 0) is 45.0 Å². The molecule has 1 heterocycles. The zero-order valence-corrected chi connectivity index (χ0v) is 18.5. The summed E-state index contributed by atoms with van der Waals surface area (Å²) in [4.78, 5) is 28.2. The van der Waals surface area contributed by atoms with Crippen molar-refractivity contribution in [3.8, 4) is 11.5 Å².